The number of rotatable bonds is 4. The summed E-state index contributed by atoms with van der Waals surface area (Å²) in [5, 5.41) is 0. The number of carbonyl (C=O) groups is 1. The lowest BCUT2D eigenvalue weighted by molar-refractivity contribution is -0.131. The highest BCUT2D eigenvalue weighted by molar-refractivity contribution is 5.74. The number of hydrogen-bond donors (Lipinski definition) is 0. The maximum Gasteiger partial charge on any atom is 0.219 e. The zero-order chi connectivity index (χ0) is 15.4. The van der Waals surface area contributed by atoms with Crippen molar-refractivity contribution < 1.29 is 4.79 Å². The first-order valence-electron chi connectivity index (χ1n) is 8.53. The topological polar surface area (TPSA) is 28.5 Å². The lowest BCUT2D eigenvalue weighted by Gasteiger charge is -2.40. The Morgan fingerprint density at radius 3 is 2.77 bits per heavy atom. The van der Waals surface area contributed by atoms with E-state index in [0.29, 0.717) is 6.04 Å². The van der Waals surface area contributed by atoms with Gasteiger partial charge < -0.3 is 9.47 Å². The Labute approximate surface area is 133 Å². The van der Waals surface area contributed by atoms with Crippen molar-refractivity contribution in [1.82, 2.24) is 14.4 Å². The highest BCUT2D eigenvalue weighted by Gasteiger charge is 2.29. The molecule has 1 aromatic rings. The third-order valence-electron chi connectivity index (χ3n) is 4.93. The van der Waals surface area contributed by atoms with E-state index in [1.165, 1.54) is 12.0 Å². The molecule has 1 fully saturated rings. The minimum atomic E-state index is 0.232. The van der Waals surface area contributed by atoms with Crippen molar-refractivity contribution in [3.63, 3.8) is 0 Å². The van der Waals surface area contributed by atoms with Gasteiger partial charge in [-0.3, -0.25) is 9.69 Å². The normalized spacial score (nSPS) is 23.4. The fourth-order valence-corrected chi connectivity index (χ4v) is 3.74. The fourth-order valence-electron chi connectivity index (χ4n) is 3.74. The van der Waals surface area contributed by atoms with Crippen molar-refractivity contribution in [3.05, 3.63) is 36.2 Å². The van der Waals surface area contributed by atoms with Gasteiger partial charge in [0, 0.05) is 52.0 Å². The molecule has 0 spiro atoms. The predicted molar refractivity (Wildman–Crippen MR) is 88.6 cm³/mol. The first-order valence-corrected chi connectivity index (χ1v) is 8.53. The minimum Gasteiger partial charge on any atom is -0.353 e. The van der Waals surface area contributed by atoms with Crippen LogP contribution in [0, 0.1) is 0 Å². The van der Waals surface area contributed by atoms with Crippen LogP contribution in [0.1, 0.15) is 32.6 Å². The van der Waals surface area contributed by atoms with Gasteiger partial charge in [-0.15, -0.1) is 0 Å². The largest absolute Gasteiger partial charge is 0.353 e. The molecule has 1 aromatic heterocycles. The van der Waals surface area contributed by atoms with E-state index in [1.807, 2.05) is 0 Å². The Hall–Kier alpha value is -1.55. The molecule has 3 heterocycles. The molecule has 120 valence electrons. The number of nitrogens with zero attached hydrogens (tertiary/aromatic N) is 3. The summed E-state index contributed by atoms with van der Waals surface area (Å²) in [4.78, 5) is 16.5. The molecule has 0 aromatic carbocycles. The van der Waals surface area contributed by atoms with Gasteiger partial charge in [-0.2, -0.15) is 0 Å². The van der Waals surface area contributed by atoms with Crippen LogP contribution in [0.5, 0.6) is 0 Å². The Morgan fingerprint density at radius 2 is 2.00 bits per heavy atom. The highest BCUT2D eigenvalue weighted by Crippen LogP contribution is 2.26. The highest BCUT2D eigenvalue weighted by atomic mass is 16.2. The smallest absolute Gasteiger partial charge is 0.219 e. The first kappa shape index (κ1) is 15.3. The molecule has 0 radical (unpaired) electrons. The van der Waals surface area contributed by atoms with Crippen LogP contribution in [0.3, 0.4) is 0 Å². The molecule has 1 amide bonds. The zero-order valence-electron chi connectivity index (χ0n) is 13.6. The monoisotopic (exact) mass is 301 g/mol. The van der Waals surface area contributed by atoms with Crippen LogP contribution in [0.2, 0.25) is 0 Å². The lowest BCUT2D eigenvalue weighted by Crippen LogP contribution is -2.47. The second-order valence-corrected chi connectivity index (χ2v) is 6.49. The summed E-state index contributed by atoms with van der Waals surface area (Å²) in [5.74, 6) is 0.232. The molecule has 1 saturated heterocycles. The van der Waals surface area contributed by atoms with Gasteiger partial charge in [0.15, 0.2) is 0 Å². The fraction of sp³-hybridized carbons (Fsp3) is 0.611. The summed E-state index contributed by atoms with van der Waals surface area (Å²) in [6.07, 6.45) is 11.3. The van der Waals surface area contributed by atoms with Gasteiger partial charge in [-0.1, -0.05) is 6.08 Å². The van der Waals surface area contributed by atoms with E-state index in [-0.39, 0.29) is 5.91 Å². The minimum absolute atomic E-state index is 0.232. The van der Waals surface area contributed by atoms with Gasteiger partial charge >= 0.3 is 0 Å². The van der Waals surface area contributed by atoms with E-state index in [1.54, 1.807) is 6.92 Å². The second kappa shape index (κ2) is 7.14. The molecule has 3 rings (SSSR count). The molecule has 2 aliphatic rings. The maximum atomic E-state index is 11.9. The van der Waals surface area contributed by atoms with Crippen molar-refractivity contribution in [1.29, 1.82) is 0 Å². The number of aromatic nitrogens is 1. The Balaban J connectivity index is 1.59. The van der Waals surface area contributed by atoms with Crippen LogP contribution in [0.15, 0.2) is 36.2 Å². The van der Waals surface area contributed by atoms with Crippen molar-refractivity contribution in [2.75, 3.05) is 26.2 Å². The van der Waals surface area contributed by atoms with E-state index >= 15 is 0 Å². The average molecular weight is 301 g/mol. The molecule has 2 aliphatic heterocycles. The summed E-state index contributed by atoms with van der Waals surface area (Å²) >= 11 is 0. The lowest BCUT2D eigenvalue weighted by atomic mass is 9.92. The number of hydrogen-bond acceptors (Lipinski definition) is 2. The number of amides is 1. The van der Waals surface area contributed by atoms with E-state index in [9.17, 15) is 4.79 Å². The van der Waals surface area contributed by atoms with Crippen molar-refractivity contribution >= 4 is 5.91 Å². The van der Waals surface area contributed by atoms with Gasteiger partial charge in [0.2, 0.25) is 5.91 Å². The predicted octanol–water partition coefficient (Wildman–Crippen LogP) is 2.52. The van der Waals surface area contributed by atoms with E-state index < -0.39 is 0 Å². The molecule has 0 unspecified atom stereocenters. The van der Waals surface area contributed by atoms with Gasteiger partial charge in [0.25, 0.3) is 0 Å². The summed E-state index contributed by atoms with van der Waals surface area (Å²) in [5.41, 5.74) is 1.47. The van der Waals surface area contributed by atoms with Gasteiger partial charge in [0.05, 0.1) is 6.04 Å². The molecular formula is C18H27N3O. The number of likely N-dealkylation sites (tertiary alicyclic amines) is 1. The van der Waals surface area contributed by atoms with Crippen LogP contribution in [-0.2, 0) is 11.3 Å². The Bertz CT molecular complexity index is 520. The molecule has 0 aliphatic carbocycles. The quantitative estimate of drug-likeness (QED) is 0.800. The molecule has 4 nitrogen and oxygen atoms in total. The average Bonchev–Trinajstić information content (AvgIpc) is 3.07. The van der Waals surface area contributed by atoms with Crippen LogP contribution in [-0.4, -0.2) is 52.5 Å². The van der Waals surface area contributed by atoms with Crippen molar-refractivity contribution in [2.45, 2.75) is 45.2 Å². The van der Waals surface area contributed by atoms with Crippen LogP contribution < -0.4 is 0 Å². The van der Waals surface area contributed by atoms with E-state index in [4.69, 9.17) is 0 Å². The van der Waals surface area contributed by atoms with E-state index in [0.717, 1.165) is 52.0 Å². The van der Waals surface area contributed by atoms with Crippen LogP contribution >= 0.6 is 0 Å². The van der Waals surface area contributed by atoms with Gasteiger partial charge in [0.1, 0.15) is 0 Å². The molecule has 0 N–H and O–H groups in total. The molecule has 0 bridgehead atoms. The van der Waals surface area contributed by atoms with E-state index in [2.05, 4.69) is 45.0 Å². The van der Waals surface area contributed by atoms with Crippen LogP contribution in [0.4, 0.5) is 0 Å². The number of piperidine rings is 1. The second-order valence-electron chi connectivity index (χ2n) is 6.49. The van der Waals surface area contributed by atoms with Gasteiger partial charge in [-0.25, -0.2) is 0 Å². The molecule has 1 atom stereocenters. The van der Waals surface area contributed by atoms with Crippen molar-refractivity contribution in [3.8, 4) is 0 Å². The SMILES string of the molecule is CC(=O)N1CCCC[C@@H]1C1=CCCN(CCn2cccc2)C1. The Morgan fingerprint density at radius 1 is 1.18 bits per heavy atom. The molecule has 0 saturated carbocycles. The third-order valence-corrected chi connectivity index (χ3v) is 4.93. The summed E-state index contributed by atoms with van der Waals surface area (Å²) < 4.78 is 2.24. The first-order chi connectivity index (χ1) is 10.7. The summed E-state index contributed by atoms with van der Waals surface area (Å²) in [6.45, 7) is 6.93. The van der Waals surface area contributed by atoms with Crippen LogP contribution in [0.25, 0.3) is 0 Å². The Kier molecular flexibility index (Phi) is 4.98. The molecule has 4 heteroatoms. The standard InChI is InChI=1S/C18H27N3O/c1-16(22)21-12-3-2-8-18(21)17-7-6-11-20(15-17)14-13-19-9-4-5-10-19/h4-5,7,9-10,18H,2-3,6,8,11-15H2,1H3/t18-/m1/s1. The van der Waals surface area contributed by atoms with Crippen molar-refractivity contribution in [2.24, 2.45) is 0 Å². The summed E-state index contributed by atoms with van der Waals surface area (Å²) in [6, 6.07) is 4.50. The number of carbonyl (C=O) groups excluding carboxylic acids is 1. The maximum absolute atomic E-state index is 11.9. The zero-order valence-corrected chi connectivity index (χ0v) is 13.6. The molecular weight excluding hydrogens is 274 g/mol. The summed E-state index contributed by atoms with van der Waals surface area (Å²) in [7, 11) is 0. The molecule has 22 heavy (non-hydrogen) atoms. The third kappa shape index (κ3) is 3.61. The van der Waals surface area contributed by atoms with Gasteiger partial charge in [-0.05, 0) is 43.4 Å².